The molecule has 4 nitrogen and oxygen atoms in total. The first-order valence-corrected chi connectivity index (χ1v) is 10.8. The lowest BCUT2D eigenvalue weighted by Crippen LogP contribution is -2.47. The van der Waals surface area contributed by atoms with Gasteiger partial charge in [0.25, 0.3) is 5.91 Å². The largest absolute Gasteiger partial charge is 0.340 e. The number of hydrogen-bond acceptors (Lipinski definition) is 3. The highest BCUT2D eigenvalue weighted by atomic mass is 79.9. The fourth-order valence-electron chi connectivity index (χ4n) is 2.63. The highest BCUT2D eigenvalue weighted by Crippen LogP contribution is 2.17. The third kappa shape index (κ3) is 6.04. The summed E-state index contributed by atoms with van der Waals surface area (Å²) in [7, 11) is 1.57. The molecular formula is C20H21BrF2N2O2S. The van der Waals surface area contributed by atoms with Gasteiger partial charge < -0.3 is 10.2 Å². The van der Waals surface area contributed by atoms with Crippen LogP contribution in [-0.4, -0.2) is 41.8 Å². The minimum Gasteiger partial charge on any atom is -0.340 e. The number of nitrogens with zero attached hydrogens (tertiary/aromatic N) is 1. The summed E-state index contributed by atoms with van der Waals surface area (Å²) >= 11 is 4.91. The van der Waals surface area contributed by atoms with Crippen LogP contribution in [0.5, 0.6) is 0 Å². The van der Waals surface area contributed by atoms with E-state index in [1.165, 1.54) is 11.0 Å². The van der Waals surface area contributed by atoms with Crippen LogP contribution in [0.15, 0.2) is 46.9 Å². The van der Waals surface area contributed by atoms with Crippen LogP contribution < -0.4 is 5.32 Å². The lowest BCUT2D eigenvalue weighted by atomic mass is 10.1. The zero-order chi connectivity index (χ0) is 20.7. The predicted octanol–water partition coefficient (Wildman–Crippen LogP) is 4.24. The van der Waals surface area contributed by atoms with E-state index in [2.05, 4.69) is 21.2 Å². The summed E-state index contributed by atoms with van der Waals surface area (Å²) in [5.41, 5.74) is 0.906. The van der Waals surface area contributed by atoms with Gasteiger partial charge in [0.1, 0.15) is 6.04 Å². The fourth-order valence-corrected chi connectivity index (χ4v) is 3.57. The second kappa shape index (κ2) is 10.6. The van der Waals surface area contributed by atoms with E-state index in [0.29, 0.717) is 27.8 Å². The molecule has 1 N–H and O–H groups in total. The molecule has 8 heteroatoms. The summed E-state index contributed by atoms with van der Waals surface area (Å²) < 4.78 is 27.1. The molecule has 0 heterocycles. The molecule has 2 aromatic rings. The van der Waals surface area contributed by atoms with Gasteiger partial charge in [-0.3, -0.25) is 9.59 Å². The van der Waals surface area contributed by atoms with Crippen molar-refractivity contribution >= 4 is 39.5 Å². The molecule has 0 aliphatic carbocycles. The van der Waals surface area contributed by atoms with Crippen molar-refractivity contribution in [1.29, 1.82) is 0 Å². The van der Waals surface area contributed by atoms with Crippen molar-refractivity contribution in [3.8, 4) is 0 Å². The summed E-state index contributed by atoms with van der Waals surface area (Å²) in [6.45, 7) is 0.108. The van der Waals surface area contributed by atoms with Gasteiger partial charge in [-0.1, -0.05) is 18.2 Å². The molecule has 28 heavy (non-hydrogen) atoms. The van der Waals surface area contributed by atoms with E-state index in [4.69, 9.17) is 0 Å². The van der Waals surface area contributed by atoms with Crippen LogP contribution in [0.2, 0.25) is 0 Å². The summed E-state index contributed by atoms with van der Waals surface area (Å²) in [4.78, 5) is 26.9. The van der Waals surface area contributed by atoms with Crippen LogP contribution >= 0.6 is 27.7 Å². The molecule has 0 saturated carbocycles. The Kier molecular flexibility index (Phi) is 8.44. The maximum Gasteiger partial charge on any atom is 0.253 e. The highest BCUT2D eigenvalue weighted by molar-refractivity contribution is 9.10. The molecule has 0 aliphatic heterocycles. The summed E-state index contributed by atoms with van der Waals surface area (Å²) in [5, 5.41) is 2.79. The maximum absolute atomic E-state index is 13.4. The monoisotopic (exact) mass is 470 g/mol. The van der Waals surface area contributed by atoms with E-state index in [1.54, 1.807) is 43.1 Å². The van der Waals surface area contributed by atoms with E-state index in [0.717, 1.165) is 12.1 Å². The molecule has 0 aromatic heterocycles. The standard InChI is InChI=1S/C20H21BrF2N2O2S/c1-25(12-13-7-8-16(22)17(23)11-13)20(27)18(9-10-28-2)24-19(26)14-5-3-4-6-15(14)21/h3-8,11,18H,9-10,12H2,1-2H3,(H,24,26). The van der Waals surface area contributed by atoms with Gasteiger partial charge in [0, 0.05) is 18.1 Å². The Balaban J connectivity index is 2.11. The zero-order valence-electron chi connectivity index (χ0n) is 15.5. The van der Waals surface area contributed by atoms with Crippen molar-refractivity contribution in [3.05, 3.63) is 69.7 Å². The first-order chi connectivity index (χ1) is 13.3. The third-order valence-electron chi connectivity index (χ3n) is 4.11. The van der Waals surface area contributed by atoms with Gasteiger partial charge in [-0.25, -0.2) is 8.78 Å². The number of amides is 2. The minimum absolute atomic E-state index is 0.108. The SMILES string of the molecule is CSCCC(NC(=O)c1ccccc1Br)C(=O)N(C)Cc1ccc(F)c(F)c1. The lowest BCUT2D eigenvalue weighted by Gasteiger charge is -2.25. The van der Waals surface area contributed by atoms with Crippen LogP contribution in [0.3, 0.4) is 0 Å². The molecular weight excluding hydrogens is 450 g/mol. The Morgan fingerprint density at radius 1 is 1.18 bits per heavy atom. The van der Waals surface area contributed by atoms with Gasteiger partial charge in [-0.05, 0) is 64.2 Å². The smallest absolute Gasteiger partial charge is 0.253 e. The zero-order valence-corrected chi connectivity index (χ0v) is 17.9. The maximum atomic E-state index is 13.4. The van der Waals surface area contributed by atoms with Gasteiger partial charge in [-0.15, -0.1) is 0 Å². The molecule has 0 bridgehead atoms. The number of nitrogens with one attached hydrogen (secondary N) is 1. The number of hydrogen-bond donors (Lipinski definition) is 1. The second-order valence-corrected chi connectivity index (χ2v) is 8.07. The van der Waals surface area contributed by atoms with Crippen molar-refractivity contribution in [2.75, 3.05) is 19.1 Å². The first-order valence-electron chi connectivity index (χ1n) is 8.56. The summed E-state index contributed by atoms with van der Waals surface area (Å²) in [6, 6.07) is 9.77. The highest BCUT2D eigenvalue weighted by Gasteiger charge is 2.25. The topological polar surface area (TPSA) is 49.4 Å². The van der Waals surface area contributed by atoms with Gasteiger partial charge >= 0.3 is 0 Å². The normalized spacial score (nSPS) is 11.8. The van der Waals surface area contributed by atoms with E-state index >= 15 is 0 Å². The number of carbonyl (C=O) groups excluding carboxylic acids is 2. The molecule has 0 spiro atoms. The van der Waals surface area contributed by atoms with Crippen LogP contribution in [0.1, 0.15) is 22.3 Å². The average molecular weight is 471 g/mol. The van der Waals surface area contributed by atoms with Crippen LogP contribution in [-0.2, 0) is 11.3 Å². The molecule has 1 atom stereocenters. The Morgan fingerprint density at radius 2 is 1.89 bits per heavy atom. The number of thioether (sulfide) groups is 1. The van der Waals surface area contributed by atoms with Crippen LogP contribution in [0, 0.1) is 11.6 Å². The van der Waals surface area contributed by atoms with E-state index in [9.17, 15) is 18.4 Å². The molecule has 2 aromatic carbocycles. The average Bonchev–Trinajstić information content (AvgIpc) is 2.67. The molecule has 0 aliphatic rings. The Labute approximate surface area is 175 Å². The van der Waals surface area contributed by atoms with Gasteiger partial charge in [0.05, 0.1) is 5.56 Å². The van der Waals surface area contributed by atoms with E-state index in [1.807, 2.05) is 6.26 Å². The second-order valence-electron chi connectivity index (χ2n) is 6.23. The number of benzene rings is 2. The van der Waals surface area contributed by atoms with Crippen molar-refractivity contribution in [2.45, 2.75) is 19.0 Å². The molecule has 0 radical (unpaired) electrons. The van der Waals surface area contributed by atoms with Crippen LogP contribution in [0.25, 0.3) is 0 Å². The number of halogens is 3. The molecule has 150 valence electrons. The summed E-state index contributed by atoms with van der Waals surface area (Å²) in [5.74, 6) is -1.85. The molecule has 2 amide bonds. The molecule has 0 saturated heterocycles. The molecule has 2 rings (SSSR count). The lowest BCUT2D eigenvalue weighted by molar-refractivity contribution is -0.132. The fraction of sp³-hybridized carbons (Fsp3) is 0.300. The Bertz CT molecular complexity index is 851. The number of likely N-dealkylation sites (N-methyl/N-ethyl adjacent to an activating group) is 1. The third-order valence-corrected chi connectivity index (χ3v) is 5.45. The van der Waals surface area contributed by atoms with Crippen molar-refractivity contribution in [2.24, 2.45) is 0 Å². The molecule has 1 unspecified atom stereocenters. The van der Waals surface area contributed by atoms with Crippen LogP contribution in [0.4, 0.5) is 8.78 Å². The van der Waals surface area contributed by atoms with Crippen molar-refractivity contribution in [1.82, 2.24) is 10.2 Å². The minimum atomic E-state index is -0.959. The van der Waals surface area contributed by atoms with Crippen molar-refractivity contribution in [3.63, 3.8) is 0 Å². The number of rotatable bonds is 8. The Hall–Kier alpha value is -1.93. The first kappa shape index (κ1) is 22.4. The summed E-state index contributed by atoms with van der Waals surface area (Å²) in [6.07, 6.45) is 2.38. The number of carbonyl (C=O) groups is 2. The van der Waals surface area contributed by atoms with Gasteiger partial charge in [0.2, 0.25) is 5.91 Å². The predicted molar refractivity (Wildman–Crippen MR) is 111 cm³/mol. The molecule has 0 fully saturated rings. The van der Waals surface area contributed by atoms with Gasteiger partial charge in [-0.2, -0.15) is 11.8 Å². The quantitative estimate of drug-likeness (QED) is 0.627. The Morgan fingerprint density at radius 3 is 2.54 bits per heavy atom. The van der Waals surface area contributed by atoms with Gasteiger partial charge in [0.15, 0.2) is 11.6 Å². The van der Waals surface area contributed by atoms with Crippen molar-refractivity contribution < 1.29 is 18.4 Å². The van der Waals surface area contributed by atoms with E-state index in [-0.39, 0.29) is 18.4 Å². The van der Waals surface area contributed by atoms with E-state index < -0.39 is 17.7 Å².